The van der Waals surface area contributed by atoms with Crippen LogP contribution in [-0.2, 0) is 17.9 Å². The van der Waals surface area contributed by atoms with Crippen molar-refractivity contribution in [3.8, 4) is 0 Å². The van der Waals surface area contributed by atoms with Crippen molar-refractivity contribution in [3.05, 3.63) is 92.6 Å². The van der Waals surface area contributed by atoms with E-state index < -0.39 is 0 Å². The van der Waals surface area contributed by atoms with E-state index in [0.29, 0.717) is 23.7 Å². The lowest BCUT2D eigenvalue weighted by atomic mass is 10.1. The molecule has 0 aliphatic rings. The average Bonchev–Trinajstić information content (AvgIpc) is 3.21. The van der Waals surface area contributed by atoms with Gasteiger partial charge in [0.25, 0.3) is 5.91 Å². The summed E-state index contributed by atoms with van der Waals surface area (Å²) in [7, 11) is 0. The zero-order valence-corrected chi connectivity index (χ0v) is 20.3. The Morgan fingerprint density at radius 3 is 2.38 bits per heavy atom. The van der Waals surface area contributed by atoms with E-state index in [-0.39, 0.29) is 24.4 Å². The van der Waals surface area contributed by atoms with Crippen LogP contribution in [0.4, 0.5) is 0 Å². The highest BCUT2D eigenvalue weighted by molar-refractivity contribution is 7.11. The van der Waals surface area contributed by atoms with Crippen LogP contribution in [0.1, 0.15) is 45.9 Å². The van der Waals surface area contributed by atoms with Crippen LogP contribution in [0, 0.1) is 6.92 Å². The molecular weight excluding hydrogens is 440 g/mol. The zero-order valence-electron chi connectivity index (χ0n) is 18.8. The average molecular weight is 469 g/mol. The van der Waals surface area contributed by atoms with Crippen molar-refractivity contribution in [2.24, 2.45) is 0 Å². The fourth-order valence-electron chi connectivity index (χ4n) is 3.48. The Balaban J connectivity index is 1.84. The van der Waals surface area contributed by atoms with Crippen LogP contribution < -0.4 is 0 Å². The number of rotatable bonds is 9. The van der Waals surface area contributed by atoms with Crippen molar-refractivity contribution in [2.75, 3.05) is 6.54 Å². The third kappa shape index (κ3) is 6.44. The van der Waals surface area contributed by atoms with Crippen LogP contribution in [0.15, 0.2) is 66.7 Å². The Hall–Kier alpha value is -2.63. The van der Waals surface area contributed by atoms with Crippen LogP contribution in [0.25, 0.3) is 0 Å². The van der Waals surface area contributed by atoms with E-state index in [1.807, 2.05) is 49.1 Å². The quantitative estimate of drug-likeness (QED) is 0.376. The second kappa shape index (κ2) is 11.3. The van der Waals surface area contributed by atoms with E-state index in [4.69, 9.17) is 11.6 Å². The molecule has 6 heteroatoms. The number of hydrogen-bond acceptors (Lipinski definition) is 3. The number of aryl methyl sites for hydroxylation is 1. The van der Waals surface area contributed by atoms with Gasteiger partial charge in [-0.25, -0.2) is 0 Å². The summed E-state index contributed by atoms with van der Waals surface area (Å²) in [6.45, 7) is 7.09. The summed E-state index contributed by atoms with van der Waals surface area (Å²) in [5.41, 5.74) is 1.56. The van der Waals surface area contributed by atoms with Gasteiger partial charge >= 0.3 is 0 Å². The van der Waals surface area contributed by atoms with Crippen molar-refractivity contribution in [3.63, 3.8) is 0 Å². The molecule has 0 aliphatic carbocycles. The lowest BCUT2D eigenvalue weighted by Crippen LogP contribution is -2.46. The Bertz CT molecular complexity index is 1050. The molecule has 0 spiro atoms. The van der Waals surface area contributed by atoms with Crippen LogP contribution in [-0.4, -0.2) is 34.2 Å². The third-order valence-corrected chi connectivity index (χ3v) is 6.69. The number of hydrogen-bond donors (Lipinski definition) is 0. The fourth-order valence-corrected chi connectivity index (χ4v) is 4.57. The van der Waals surface area contributed by atoms with Gasteiger partial charge in [-0.1, -0.05) is 54.9 Å². The smallest absolute Gasteiger partial charge is 0.254 e. The van der Waals surface area contributed by atoms with E-state index in [9.17, 15) is 9.59 Å². The first-order valence-electron chi connectivity index (χ1n) is 10.8. The topological polar surface area (TPSA) is 40.6 Å². The summed E-state index contributed by atoms with van der Waals surface area (Å²) < 4.78 is 0. The van der Waals surface area contributed by atoms with Gasteiger partial charge in [0, 0.05) is 32.9 Å². The predicted molar refractivity (Wildman–Crippen MR) is 132 cm³/mol. The lowest BCUT2D eigenvalue weighted by Gasteiger charge is -2.31. The number of thiophene rings is 1. The van der Waals surface area contributed by atoms with E-state index in [2.05, 4.69) is 19.1 Å². The lowest BCUT2D eigenvalue weighted by molar-refractivity contribution is -0.133. The van der Waals surface area contributed by atoms with Gasteiger partial charge in [-0.05, 0) is 56.2 Å². The molecule has 0 bridgehead atoms. The van der Waals surface area contributed by atoms with Gasteiger partial charge in [0.2, 0.25) is 5.91 Å². The normalized spacial score (nSPS) is 11.8. The number of nitrogens with zero attached hydrogens (tertiary/aromatic N) is 2. The summed E-state index contributed by atoms with van der Waals surface area (Å²) in [4.78, 5) is 32.6. The number of benzene rings is 2. The Labute approximate surface area is 199 Å². The summed E-state index contributed by atoms with van der Waals surface area (Å²) >= 11 is 7.79. The van der Waals surface area contributed by atoms with Gasteiger partial charge in [-0.15, -0.1) is 11.3 Å². The molecule has 1 heterocycles. The molecule has 32 heavy (non-hydrogen) atoms. The first-order valence-corrected chi connectivity index (χ1v) is 12.0. The van der Waals surface area contributed by atoms with Crippen molar-refractivity contribution < 1.29 is 9.59 Å². The monoisotopic (exact) mass is 468 g/mol. The highest BCUT2D eigenvalue weighted by Gasteiger charge is 2.26. The van der Waals surface area contributed by atoms with Crippen molar-refractivity contribution >= 4 is 34.8 Å². The molecule has 168 valence electrons. The van der Waals surface area contributed by atoms with Crippen LogP contribution in [0.3, 0.4) is 0 Å². The molecule has 1 aromatic heterocycles. The molecule has 1 atom stereocenters. The third-order valence-electron chi connectivity index (χ3n) is 5.47. The van der Waals surface area contributed by atoms with Gasteiger partial charge in [-0.2, -0.15) is 0 Å². The standard InChI is InChI=1S/C26H29ClN2O2S/c1-4-19(2)29(26(31)22-11-8-12-23(27)15-22)18-25(30)28(16-21-9-6-5-7-10-21)17-24-14-13-20(3)32-24/h5-15,19H,4,16-18H2,1-3H3. The Morgan fingerprint density at radius 1 is 1.00 bits per heavy atom. The fraction of sp³-hybridized carbons (Fsp3) is 0.308. The summed E-state index contributed by atoms with van der Waals surface area (Å²) in [6.07, 6.45) is 0.752. The molecule has 2 aromatic carbocycles. The minimum absolute atomic E-state index is 0.0253. The highest BCUT2D eigenvalue weighted by atomic mass is 35.5. The molecule has 0 saturated carbocycles. The molecular formula is C26H29ClN2O2S. The van der Waals surface area contributed by atoms with Gasteiger partial charge in [-0.3, -0.25) is 9.59 Å². The molecule has 4 nitrogen and oxygen atoms in total. The SMILES string of the molecule is CCC(C)N(CC(=O)N(Cc1ccccc1)Cc1ccc(C)s1)C(=O)c1cccc(Cl)c1. The van der Waals surface area contributed by atoms with Gasteiger partial charge in [0.05, 0.1) is 6.54 Å². The maximum atomic E-state index is 13.5. The van der Waals surface area contributed by atoms with Crippen LogP contribution in [0.5, 0.6) is 0 Å². The van der Waals surface area contributed by atoms with E-state index in [0.717, 1.165) is 16.9 Å². The molecule has 1 unspecified atom stereocenters. The highest BCUT2D eigenvalue weighted by Crippen LogP contribution is 2.20. The van der Waals surface area contributed by atoms with Gasteiger partial charge < -0.3 is 9.80 Å². The molecule has 0 fully saturated rings. The number of halogens is 1. The van der Waals surface area contributed by atoms with Gasteiger partial charge in [0.15, 0.2) is 0 Å². The molecule has 3 rings (SSSR count). The zero-order chi connectivity index (χ0) is 23.1. The molecule has 3 aromatic rings. The first kappa shape index (κ1) is 24.0. The maximum absolute atomic E-state index is 13.5. The molecule has 2 amide bonds. The Kier molecular flexibility index (Phi) is 8.48. The number of amides is 2. The molecule has 0 radical (unpaired) electrons. The molecule has 0 N–H and O–H groups in total. The summed E-state index contributed by atoms with van der Waals surface area (Å²) in [5.74, 6) is -0.252. The summed E-state index contributed by atoms with van der Waals surface area (Å²) in [5, 5.41) is 0.505. The Morgan fingerprint density at radius 2 is 1.75 bits per heavy atom. The van der Waals surface area contributed by atoms with E-state index in [1.165, 1.54) is 4.88 Å². The summed E-state index contributed by atoms with van der Waals surface area (Å²) in [6, 6.07) is 20.9. The van der Waals surface area contributed by atoms with E-state index in [1.54, 1.807) is 40.5 Å². The van der Waals surface area contributed by atoms with Crippen molar-refractivity contribution in [2.45, 2.75) is 46.3 Å². The number of carbonyl (C=O) groups is 2. The van der Waals surface area contributed by atoms with Gasteiger partial charge in [0.1, 0.15) is 6.54 Å². The first-order chi connectivity index (χ1) is 15.4. The van der Waals surface area contributed by atoms with Crippen LogP contribution >= 0.6 is 22.9 Å². The largest absolute Gasteiger partial charge is 0.332 e. The minimum Gasteiger partial charge on any atom is -0.332 e. The van der Waals surface area contributed by atoms with Crippen LogP contribution in [0.2, 0.25) is 5.02 Å². The van der Waals surface area contributed by atoms with Crippen molar-refractivity contribution in [1.82, 2.24) is 9.80 Å². The van der Waals surface area contributed by atoms with Crippen molar-refractivity contribution in [1.29, 1.82) is 0 Å². The molecule has 0 aliphatic heterocycles. The minimum atomic E-state index is -0.179. The maximum Gasteiger partial charge on any atom is 0.254 e. The van der Waals surface area contributed by atoms with E-state index >= 15 is 0 Å². The second-order valence-electron chi connectivity index (χ2n) is 7.95. The number of carbonyl (C=O) groups excluding carboxylic acids is 2. The second-order valence-corrected chi connectivity index (χ2v) is 9.76. The predicted octanol–water partition coefficient (Wildman–Crippen LogP) is 6.18. The molecule has 0 saturated heterocycles.